The first-order valence-electron chi connectivity index (χ1n) is 10.1. The quantitative estimate of drug-likeness (QED) is 0.838. The molecule has 5 rings (SSSR count). The van der Waals surface area contributed by atoms with Crippen molar-refractivity contribution in [2.75, 3.05) is 31.1 Å². The van der Waals surface area contributed by atoms with Crippen molar-refractivity contribution >= 4 is 11.6 Å². The molecule has 0 N–H and O–H groups in total. The summed E-state index contributed by atoms with van der Waals surface area (Å²) in [5.41, 5.74) is 2.21. The Morgan fingerprint density at radius 2 is 2.30 bits per heavy atom. The number of hydrogen-bond donors (Lipinski definition) is 0. The lowest BCUT2D eigenvalue weighted by molar-refractivity contribution is -0.140. The van der Waals surface area contributed by atoms with E-state index < -0.39 is 0 Å². The van der Waals surface area contributed by atoms with Gasteiger partial charge in [0.25, 0.3) is 5.91 Å². The summed E-state index contributed by atoms with van der Waals surface area (Å²) in [7, 11) is 0. The van der Waals surface area contributed by atoms with E-state index in [1.54, 1.807) is 0 Å². The summed E-state index contributed by atoms with van der Waals surface area (Å²) >= 11 is 0. The fourth-order valence-corrected chi connectivity index (χ4v) is 5.04. The lowest BCUT2D eigenvalue weighted by Crippen LogP contribution is -2.53. The molecule has 142 valence electrons. The lowest BCUT2D eigenvalue weighted by Gasteiger charge is -2.47. The zero-order valence-electron chi connectivity index (χ0n) is 15.8. The number of ether oxygens (including phenoxy) is 1. The monoisotopic (exact) mass is 366 g/mol. The van der Waals surface area contributed by atoms with Crippen LogP contribution < -0.4 is 4.90 Å². The Balaban J connectivity index is 1.55. The minimum Gasteiger partial charge on any atom is -0.368 e. The molecule has 6 heteroatoms. The predicted octanol–water partition coefficient (Wildman–Crippen LogP) is 2.71. The fraction of sp³-hybridized carbons (Fsp3) is 0.524. The van der Waals surface area contributed by atoms with Crippen LogP contribution in [0.3, 0.4) is 0 Å². The molecule has 6 nitrogen and oxygen atoms in total. The highest BCUT2D eigenvalue weighted by Gasteiger charge is 2.51. The normalized spacial score (nSPS) is 26.5. The van der Waals surface area contributed by atoms with Crippen LogP contribution in [0.5, 0.6) is 0 Å². The van der Waals surface area contributed by atoms with Crippen LogP contribution in [-0.2, 0) is 15.1 Å². The van der Waals surface area contributed by atoms with Gasteiger partial charge in [-0.15, -0.1) is 0 Å². The van der Waals surface area contributed by atoms with Crippen molar-refractivity contribution in [3.05, 3.63) is 42.4 Å². The third kappa shape index (κ3) is 2.42. The number of pyridine rings is 1. The number of rotatable bonds is 3. The summed E-state index contributed by atoms with van der Waals surface area (Å²) in [6, 6.07) is 8.46. The average molecular weight is 366 g/mol. The Labute approximate surface area is 159 Å². The minimum atomic E-state index is -0.246. The zero-order valence-corrected chi connectivity index (χ0v) is 15.8. The van der Waals surface area contributed by atoms with E-state index in [9.17, 15) is 4.79 Å². The Bertz CT molecular complexity index is 857. The molecule has 2 aromatic rings. The second-order valence-corrected chi connectivity index (χ2v) is 7.80. The Morgan fingerprint density at radius 3 is 3.11 bits per heavy atom. The number of anilines is 1. The molecule has 1 amide bonds. The smallest absolute Gasteiger partial charge is 0.251 e. The first kappa shape index (κ1) is 16.8. The molecule has 0 unspecified atom stereocenters. The minimum absolute atomic E-state index is 0.163. The van der Waals surface area contributed by atoms with Gasteiger partial charge in [0.15, 0.2) is 5.82 Å². The third-order valence-corrected chi connectivity index (χ3v) is 6.24. The van der Waals surface area contributed by atoms with Gasteiger partial charge >= 0.3 is 0 Å². The maximum atomic E-state index is 13.0. The number of aromatic nitrogens is 2. The van der Waals surface area contributed by atoms with Gasteiger partial charge in [0.2, 0.25) is 0 Å². The predicted molar refractivity (Wildman–Crippen MR) is 103 cm³/mol. The van der Waals surface area contributed by atoms with E-state index in [2.05, 4.69) is 45.8 Å². The molecule has 2 aromatic heterocycles. The van der Waals surface area contributed by atoms with Gasteiger partial charge in [-0.05, 0) is 49.9 Å². The van der Waals surface area contributed by atoms with Gasteiger partial charge in [0.05, 0.1) is 11.4 Å². The van der Waals surface area contributed by atoms with Gasteiger partial charge in [-0.1, -0.05) is 6.92 Å². The molecule has 0 radical (unpaired) electrons. The van der Waals surface area contributed by atoms with E-state index in [1.807, 2.05) is 17.2 Å². The molecule has 3 aliphatic heterocycles. The summed E-state index contributed by atoms with van der Waals surface area (Å²) in [4.78, 5) is 22.2. The number of fused-ring (bicyclic) bond motifs is 4. The lowest BCUT2D eigenvalue weighted by atomic mass is 9.88. The van der Waals surface area contributed by atoms with E-state index >= 15 is 0 Å². The van der Waals surface area contributed by atoms with Crippen molar-refractivity contribution < 1.29 is 9.53 Å². The highest BCUT2D eigenvalue weighted by atomic mass is 16.5. The molecule has 0 bridgehead atoms. The Morgan fingerprint density at radius 1 is 1.37 bits per heavy atom. The molecule has 1 spiro atoms. The summed E-state index contributed by atoms with van der Waals surface area (Å²) in [5, 5.41) is 0. The van der Waals surface area contributed by atoms with Crippen molar-refractivity contribution in [2.45, 2.75) is 44.2 Å². The van der Waals surface area contributed by atoms with E-state index in [0.29, 0.717) is 13.2 Å². The van der Waals surface area contributed by atoms with Gasteiger partial charge in [-0.3, -0.25) is 4.79 Å². The van der Waals surface area contributed by atoms with Crippen molar-refractivity contribution in [1.82, 2.24) is 14.5 Å². The maximum Gasteiger partial charge on any atom is 0.251 e. The van der Waals surface area contributed by atoms with Crippen molar-refractivity contribution in [3.8, 4) is 5.82 Å². The molecule has 2 fully saturated rings. The van der Waals surface area contributed by atoms with E-state index in [1.165, 1.54) is 5.69 Å². The van der Waals surface area contributed by atoms with Crippen LogP contribution in [0.2, 0.25) is 0 Å². The van der Waals surface area contributed by atoms with Crippen LogP contribution in [0.1, 0.15) is 38.3 Å². The van der Waals surface area contributed by atoms with Crippen LogP contribution in [0.15, 0.2) is 36.7 Å². The standard InChI is InChI=1S/C21H26N4O2/c1-2-11-25-16-6-3-10-22-19(16)24-12-4-8-18(24)21(25)9-13-23(15-21)20(26)17-7-5-14-27-17/h3-4,6,8,10,12,17H,2,5,7,9,11,13-15H2,1H3/t17-,21-/m1/s1. The van der Waals surface area contributed by atoms with Crippen LogP contribution >= 0.6 is 0 Å². The summed E-state index contributed by atoms with van der Waals surface area (Å²) in [6.07, 6.45) is 7.52. The van der Waals surface area contributed by atoms with Crippen LogP contribution in [0, 0.1) is 0 Å². The van der Waals surface area contributed by atoms with Crippen molar-refractivity contribution in [3.63, 3.8) is 0 Å². The van der Waals surface area contributed by atoms with Crippen molar-refractivity contribution in [2.24, 2.45) is 0 Å². The Kier molecular flexibility index (Phi) is 3.97. The molecule has 0 saturated carbocycles. The second-order valence-electron chi connectivity index (χ2n) is 7.80. The summed E-state index contributed by atoms with van der Waals surface area (Å²) < 4.78 is 7.88. The van der Waals surface area contributed by atoms with E-state index in [-0.39, 0.29) is 17.6 Å². The first-order valence-corrected chi connectivity index (χ1v) is 10.1. The molecule has 0 aliphatic carbocycles. The molecule has 2 atom stereocenters. The highest BCUT2D eigenvalue weighted by molar-refractivity contribution is 5.82. The van der Waals surface area contributed by atoms with Crippen LogP contribution in [0.25, 0.3) is 5.82 Å². The Hall–Kier alpha value is -2.34. The van der Waals surface area contributed by atoms with Gasteiger partial charge in [0, 0.05) is 38.6 Å². The number of nitrogens with zero attached hydrogens (tertiary/aromatic N) is 4. The summed E-state index contributed by atoms with van der Waals surface area (Å²) in [5.74, 6) is 1.15. The van der Waals surface area contributed by atoms with Crippen LogP contribution in [-0.4, -0.2) is 52.7 Å². The number of carbonyl (C=O) groups is 1. The van der Waals surface area contributed by atoms with Gasteiger partial charge in [-0.2, -0.15) is 0 Å². The first-order chi connectivity index (χ1) is 13.2. The highest BCUT2D eigenvalue weighted by Crippen LogP contribution is 2.47. The maximum absolute atomic E-state index is 13.0. The third-order valence-electron chi connectivity index (χ3n) is 6.24. The largest absolute Gasteiger partial charge is 0.368 e. The van der Waals surface area contributed by atoms with Crippen molar-refractivity contribution in [1.29, 1.82) is 0 Å². The van der Waals surface area contributed by atoms with E-state index in [0.717, 1.165) is 50.3 Å². The number of carbonyl (C=O) groups excluding carboxylic acids is 1. The van der Waals surface area contributed by atoms with Gasteiger partial charge in [0.1, 0.15) is 11.6 Å². The number of hydrogen-bond acceptors (Lipinski definition) is 4. The number of amides is 1. The van der Waals surface area contributed by atoms with Crippen LogP contribution in [0.4, 0.5) is 5.69 Å². The molecule has 27 heavy (non-hydrogen) atoms. The summed E-state index contributed by atoms with van der Waals surface area (Å²) in [6.45, 7) is 5.36. The van der Waals surface area contributed by atoms with Gasteiger partial charge < -0.3 is 19.1 Å². The average Bonchev–Trinajstić information content (AvgIpc) is 3.46. The van der Waals surface area contributed by atoms with Gasteiger partial charge in [-0.25, -0.2) is 4.98 Å². The van der Waals surface area contributed by atoms with E-state index in [4.69, 9.17) is 4.74 Å². The zero-order chi connectivity index (χ0) is 18.4. The topological polar surface area (TPSA) is 50.6 Å². The second kappa shape index (κ2) is 6.37. The fourth-order valence-electron chi connectivity index (χ4n) is 5.04. The SMILES string of the molecule is CCCN1c2cccnc2-n2cccc2[C@]12CCN(C(=O)[C@H]1CCCO1)C2. The number of likely N-dealkylation sites (tertiary alicyclic amines) is 1. The molecule has 5 heterocycles. The molecular formula is C21H26N4O2. The molecule has 2 saturated heterocycles. The molecule has 0 aromatic carbocycles. The molecule has 3 aliphatic rings. The molecular weight excluding hydrogens is 340 g/mol.